The molecule has 0 radical (unpaired) electrons. The van der Waals surface area contributed by atoms with Crippen molar-refractivity contribution in [2.75, 3.05) is 18.9 Å². The summed E-state index contributed by atoms with van der Waals surface area (Å²) in [5, 5.41) is 9.75. The molecular formula is C21H23N5O2. The number of nitrogens with one attached hydrogen (secondary N) is 2. The highest BCUT2D eigenvalue weighted by Crippen LogP contribution is 2.09. The lowest BCUT2D eigenvalue weighted by molar-refractivity contribution is -0.130. The van der Waals surface area contributed by atoms with Crippen LogP contribution < -0.4 is 10.6 Å². The van der Waals surface area contributed by atoms with E-state index in [1.54, 1.807) is 35.0 Å². The molecule has 3 aromatic rings. The van der Waals surface area contributed by atoms with Gasteiger partial charge in [0.25, 0.3) is 0 Å². The van der Waals surface area contributed by atoms with Crippen LogP contribution in [0.3, 0.4) is 0 Å². The first-order chi connectivity index (χ1) is 13.6. The van der Waals surface area contributed by atoms with Gasteiger partial charge in [-0.05, 0) is 24.3 Å². The van der Waals surface area contributed by atoms with Crippen molar-refractivity contribution in [1.82, 2.24) is 20.0 Å². The van der Waals surface area contributed by atoms with Crippen molar-refractivity contribution in [2.45, 2.75) is 13.0 Å². The zero-order chi connectivity index (χ0) is 19.8. The number of para-hydroxylation sites is 2. The Hall–Kier alpha value is -3.61. The fourth-order valence-corrected chi connectivity index (χ4v) is 2.70. The van der Waals surface area contributed by atoms with Crippen LogP contribution in [0, 0.1) is 0 Å². The molecule has 0 aliphatic carbocycles. The van der Waals surface area contributed by atoms with Crippen molar-refractivity contribution in [3.8, 4) is 5.69 Å². The van der Waals surface area contributed by atoms with Crippen molar-refractivity contribution in [3.05, 3.63) is 78.6 Å². The Labute approximate surface area is 164 Å². The maximum Gasteiger partial charge on any atom is 0.319 e. The van der Waals surface area contributed by atoms with Gasteiger partial charge in [-0.15, -0.1) is 0 Å². The average Bonchev–Trinajstić information content (AvgIpc) is 3.18. The van der Waals surface area contributed by atoms with E-state index in [1.807, 2.05) is 54.7 Å². The highest BCUT2D eigenvalue weighted by molar-refractivity contribution is 5.89. The summed E-state index contributed by atoms with van der Waals surface area (Å²) in [6.07, 6.45) is 3.89. The lowest BCUT2D eigenvalue weighted by Crippen LogP contribution is -2.34. The van der Waals surface area contributed by atoms with Gasteiger partial charge >= 0.3 is 6.03 Å². The summed E-state index contributed by atoms with van der Waals surface area (Å²) in [5.41, 5.74) is 2.62. The number of amides is 3. The number of carbonyl (C=O) groups excluding carboxylic acids is 2. The lowest BCUT2D eigenvalue weighted by atomic mass is 10.3. The standard InChI is InChI=1S/C21H23N5O2/c1-25(15-17-14-23-26(16-17)19-10-6-3-7-11-19)20(27)12-13-22-21(28)24-18-8-4-2-5-9-18/h2-11,14,16H,12-13,15H2,1H3,(H2,22,24,28). The minimum Gasteiger partial charge on any atom is -0.341 e. The maximum atomic E-state index is 12.3. The molecule has 2 N–H and O–H groups in total. The van der Waals surface area contributed by atoms with E-state index in [-0.39, 0.29) is 24.9 Å². The van der Waals surface area contributed by atoms with Gasteiger partial charge in [0.05, 0.1) is 11.9 Å². The van der Waals surface area contributed by atoms with Gasteiger partial charge < -0.3 is 15.5 Å². The third-order valence-corrected chi connectivity index (χ3v) is 4.16. The summed E-state index contributed by atoms with van der Waals surface area (Å²) < 4.78 is 1.78. The minimum atomic E-state index is -0.328. The van der Waals surface area contributed by atoms with Crippen LogP contribution in [-0.2, 0) is 11.3 Å². The van der Waals surface area contributed by atoms with Crippen LogP contribution in [-0.4, -0.2) is 40.2 Å². The molecule has 7 nitrogen and oxygen atoms in total. The third kappa shape index (κ3) is 5.44. The summed E-state index contributed by atoms with van der Waals surface area (Å²) in [7, 11) is 1.74. The Morgan fingerprint density at radius 2 is 1.71 bits per heavy atom. The van der Waals surface area contributed by atoms with Crippen molar-refractivity contribution in [1.29, 1.82) is 0 Å². The molecule has 3 rings (SSSR count). The highest BCUT2D eigenvalue weighted by atomic mass is 16.2. The lowest BCUT2D eigenvalue weighted by Gasteiger charge is -2.16. The number of anilines is 1. The monoisotopic (exact) mass is 377 g/mol. The summed E-state index contributed by atoms with van der Waals surface area (Å²) in [4.78, 5) is 25.8. The van der Waals surface area contributed by atoms with Gasteiger partial charge in [-0.25, -0.2) is 9.48 Å². The second-order valence-electron chi connectivity index (χ2n) is 6.38. The summed E-state index contributed by atoms with van der Waals surface area (Å²) in [5.74, 6) is -0.0486. The topological polar surface area (TPSA) is 79.3 Å². The molecule has 144 valence electrons. The Balaban J connectivity index is 1.42. The fourth-order valence-electron chi connectivity index (χ4n) is 2.70. The molecule has 0 aliphatic rings. The predicted molar refractivity (Wildman–Crippen MR) is 108 cm³/mol. The van der Waals surface area contributed by atoms with E-state index >= 15 is 0 Å². The van der Waals surface area contributed by atoms with Gasteiger partial charge in [-0.1, -0.05) is 36.4 Å². The smallest absolute Gasteiger partial charge is 0.319 e. The first-order valence-electron chi connectivity index (χ1n) is 9.04. The van der Waals surface area contributed by atoms with Gasteiger partial charge in [0.2, 0.25) is 5.91 Å². The van der Waals surface area contributed by atoms with E-state index in [9.17, 15) is 9.59 Å². The van der Waals surface area contributed by atoms with Crippen LogP contribution in [0.15, 0.2) is 73.1 Å². The molecule has 1 aromatic heterocycles. The Bertz CT molecular complexity index is 909. The average molecular weight is 377 g/mol. The molecule has 0 spiro atoms. The number of hydrogen-bond acceptors (Lipinski definition) is 3. The van der Waals surface area contributed by atoms with E-state index < -0.39 is 0 Å². The van der Waals surface area contributed by atoms with Crippen LogP contribution in [0.1, 0.15) is 12.0 Å². The molecule has 1 heterocycles. The SMILES string of the molecule is CN(Cc1cnn(-c2ccccc2)c1)C(=O)CCNC(=O)Nc1ccccc1. The van der Waals surface area contributed by atoms with Gasteiger partial charge in [0.1, 0.15) is 0 Å². The van der Waals surface area contributed by atoms with Crippen LogP contribution in [0.25, 0.3) is 5.69 Å². The third-order valence-electron chi connectivity index (χ3n) is 4.16. The minimum absolute atomic E-state index is 0.0486. The number of benzene rings is 2. The van der Waals surface area contributed by atoms with Crippen LogP contribution in [0.4, 0.5) is 10.5 Å². The number of aromatic nitrogens is 2. The number of rotatable bonds is 7. The van der Waals surface area contributed by atoms with Crippen LogP contribution >= 0.6 is 0 Å². The van der Waals surface area contributed by atoms with Crippen LogP contribution in [0.2, 0.25) is 0 Å². The zero-order valence-electron chi connectivity index (χ0n) is 15.7. The Kier molecular flexibility index (Phi) is 6.41. The molecule has 0 saturated heterocycles. The maximum absolute atomic E-state index is 12.3. The van der Waals surface area contributed by atoms with Crippen LogP contribution in [0.5, 0.6) is 0 Å². The Morgan fingerprint density at radius 3 is 2.43 bits per heavy atom. The summed E-state index contributed by atoms with van der Waals surface area (Å²) >= 11 is 0. The molecule has 0 atom stereocenters. The zero-order valence-corrected chi connectivity index (χ0v) is 15.7. The number of nitrogens with zero attached hydrogens (tertiary/aromatic N) is 3. The summed E-state index contributed by atoms with van der Waals surface area (Å²) in [6, 6.07) is 18.6. The molecule has 0 unspecified atom stereocenters. The molecule has 0 aliphatic heterocycles. The predicted octanol–water partition coefficient (Wildman–Crippen LogP) is 3.04. The van der Waals surface area contributed by atoms with Crippen molar-refractivity contribution in [2.24, 2.45) is 0 Å². The van der Waals surface area contributed by atoms with Gasteiger partial charge in [-0.2, -0.15) is 5.10 Å². The largest absolute Gasteiger partial charge is 0.341 e. The van der Waals surface area contributed by atoms with Crippen molar-refractivity contribution in [3.63, 3.8) is 0 Å². The normalized spacial score (nSPS) is 10.3. The van der Waals surface area contributed by atoms with Gasteiger partial charge in [0.15, 0.2) is 0 Å². The quantitative estimate of drug-likeness (QED) is 0.664. The highest BCUT2D eigenvalue weighted by Gasteiger charge is 2.11. The van der Waals surface area contributed by atoms with E-state index in [0.717, 1.165) is 11.3 Å². The number of urea groups is 1. The molecule has 0 bridgehead atoms. The molecule has 2 aromatic carbocycles. The van der Waals surface area contributed by atoms with Gasteiger partial charge in [0, 0.05) is 44.0 Å². The second kappa shape index (κ2) is 9.36. The van der Waals surface area contributed by atoms with E-state index in [4.69, 9.17) is 0 Å². The van der Waals surface area contributed by atoms with E-state index in [1.165, 1.54) is 0 Å². The first kappa shape index (κ1) is 19.2. The molecule has 28 heavy (non-hydrogen) atoms. The molecule has 0 saturated carbocycles. The van der Waals surface area contributed by atoms with Gasteiger partial charge in [-0.3, -0.25) is 4.79 Å². The molecular weight excluding hydrogens is 354 g/mol. The first-order valence-corrected chi connectivity index (χ1v) is 9.04. The number of hydrogen-bond donors (Lipinski definition) is 2. The van der Waals surface area contributed by atoms with Crippen molar-refractivity contribution >= 4 is 17.6 Å². The number of carbonyl (C=O) groups is 2. The summed E-state index contributed by atoms with van der Waals surface area (Å²) in [6.45, 7) is 0.729. The Morgan fingerprint density at radius 1 is 1.04 bits per heavy atom. The van der Waals surface area contributed by atoms with E-state index in [2.05, 4.69) is 15.7 Å². The van der Waals surface area contributed by atoms with E-state index in [0.29, 0.717) is 12.2 Å². The fraction of sp³-hybridized carbons (Fsp3) is 0.190. The molecule has 0 fully saturated rings. The second-order valence-corrected chi connectivity index (χ2v) is 6.38. The molecule has 7 heteroatoms. The molecule has 3 amide bonds. The van der Waals surface area contributed by atoms with Crippen molar-refractivity contribution < 1.29 is 9.59 Å².